The number of fused-ring (bicyclic) bond motifs is 1. The standard InChI is InChI=1S/C28H31N5O8S/c1-17-9-19(4-8-26(17)41-23-5-3-18(2)29-13-23)33-28-24-12-22(6-7-25(24)30-15-31-28)40-14-21(35)10-20(34)11-27(36)32-16-42(37,38)39/h3-9,12-13,15,20-21,34-35H,10-11,14,16H2,1-2H3,(H,32,36)(H,30,31,33)(H,37,38,39). The van der Waals surface area contributed by atoms with Gasteiger partial charge in [0.25, 0.3) is 10.1 Å². The van der Waals surface area contributed by atoms with Crippen LogP contribution in [-0.2, 0) is 14.9 Å². The van der Waals surface area contributed by atoms with Gasteiger partial charge in [0.1, 0.15) is 41.9 Å². The van der Waals surface area contributed by atoms with E-state index in [1.807, 2.05) is 49.5 Å². The quantitative estimate of drug-likeness (QED) is 0.142. The second kappa shape index (κ2) is 13.5. The van der Waals surface area contributed by atoms with Gasteiger partial charge >= 0.3 is 0 Å². The molecule has 222 valence electrons. The SMILES string of the molecule is Cc1ccc(Oc2ccc(Nc3ncnc4ccc(OCC(O)CC(O)CC(=O)NCS(=O)(=O)O)cc34)cc2C)cn1. The van der Waals surface area contributed by atoms with Gasteiger partial charge in [0.2, 0.25) is 5.91 Å². The third kappa shape index (κ3) is 9.07. The monoisotopic (exact) mass is 597 g/mol. The molecule has 2 atom stereocenters. The molecular formula is C28H31N5O8S. The van der Waals surface area contributed by atoms with Crippen LogP contribution in [0.5, 0.6) is 17.2 Å². The molecule has 42 heavy (non-hydrogen) atoms. The fraction of sp³-hybridized carbons (Fsp3) is 0.286. The van der Waals surface area contributed by atoms with Crippen LogP contribution in [0.1, 0.15) is 24.1 Å². The molecule has 2 aromatic carbocycles. The minimum absolute atomic E-state index is 0.178. The van der Waals surface area contributed by atoms with Crippen molar-refractivity contribution in [3.63, 3.8) is 0 Å². The number of aryl methyl sites for hydroxylation is 2. The van der Waals surface area contributed by atoms with Gasteiger partial charge in [0, 0.05) is 23.2 Å². The van der Waals surface area contributed by atoms with Gasteiger partial charge in [-0.3, -0.25) is 14.3 Å². The van der Waals surface area contributed by atoms with Gasteiger partial charge in [0.05, 0.1) is 30.3 Å². The fourth-order valence-electron chi connectivity index (χ4n) is 3.96. The molecule has 1 amide bonds. The van der Waals surface area contributed by atoms with Crippen LogP contribution < -0.4 is 20.1 Å². The predicted molar refractivity (Wildman–Crippen MR) is 154 cm³/mol. The Morgan fingerprint density at radius 2 is 1.76 bits per heavy atom. The van der Waals surface area contributed by atoms with E-state index in [2.05, 4.69) is 20.3 Å². The fourth-order valence-corrected chi connectivity index (χ4v) is 4.30. The Labute approximate surface area is 242 Å². The first-order valence-corrected chi connectivity index (χ1v) is 14.5. The van der Waals surface area contributed by atoms with Crippen LogP contribution in [0.4, 0.5) is 11.5 Å². The number of ether oxygens (including phenoxy) is 2. The molecule has 13 nitrogen and oxygen atoms in total. The van der Waals surface area contributed by atoms with E-state index in [4.69, 9.17) is 14.0 Å². The number of aliphatic hydroxyl groups excluding tert-OH is 2. The molecule has 0 fully saturated rings. The lowest BCUT2D eigenvalue weighted by Gasteiger charge is -2.17. The number of carbonyl (C=O) groups excluding carboxylic acids is 1. The van der Waals surface area contributed by atoms with Crippen LogP contribution in [0.15, 0.2) is 61.1 Å². The molecule has 14 heteroatoms. The molecule has 0 bridgehead atoms. The largest absolute Gasteiger partial charge is 0.491 e. The molecule has 0 saturated carbocycles. The lowest BCUT2D eigenvalue weighted by Crippen LogP contribution is -2.33. The summed E-state index contributed by atoms with van der Waals surface area (Å²) in [5.41, 5.74) is 3.24. The number of aliphatic hydroxyl groups is 2. The third-order valence-electron chi connectivity index (χ3n) is 6.02. The number of benzene rings is 2. The summed E-state index contributed by atoms with van der Waals surface area (Å²) in [5, 5.41) is 26.2. The van der Waals surface area contributed by atoms with E-state index in [-0.39, 0.29) is 13.0 Å². The van der Waals surface area contributed by atoms with Gasteiger partial charge in [-0.1, -0.05) is 0 Å². The van der Waals surface area contributed by atoms with E-state index in [0.29, 0.717) is 34.0 Å². The van der Waals surface area contributed by atoms with Crippen LogP contribution in [0.3, 0.4) is 0 Å². The van der Waals surface area contributed by atoms with Gasteiger partial charge in [-0.15, -0.1) is 0 Å². The average molecular weight is 598 g/mol. The molecule has 2 aromatic heterocycles. The summed E-state index contributed by atoms with van der Waals surface area (Å²) in [6.07, 6.45) is 0.0998. The number of hydrogen-bond acceptors (Lipinski definition) is 11. The molecule has 0 spiro atoms. The minimum atomic E-state index is -4.37. The van der Waals surface area contributed by atoms with Gasteiger partial charge in [-0.25, -0.2) is 9.97 Å². The van der Waals surface area contributed by atoms with Crippen molar-refractivity contribution in [1.82, 2.24) is 20.3 Å². The molecular weight excluding hydrogens is 566 g/mol. The van der Waals surface area contributed by atoms with Crippen molar-refractivity contribution in [2.45, 2.75) is 38.9 Å². The van der Waals surface area contributed by atoms with Gasteiger partial charge in [0.15, 0.2) is 0 Å². The second-order valence-corrected chi connectivity index (χ2v) is 11.1. The maximum absolute atomic E-state index is 11.7. The van der Waals surface area contributed by atoms with Crippen molar-refractivity contribution in [3.05, 3.63) is 72.3 Å². The highest BCUT2D eigenvalue weighted by atomic mass is 32.2. The van der Waals surface area contributed by atoms with Crippen LogP contribution in [0.2, 0.25) is 0 Å². The number of nitrogens with one attached hydrogen (secondary N) is 2. The van der Waals surface area contributed by atoms with Gasteiger partial charge in [-0.2, -0.15) is 8.42 Å². The molecule has 2 heterocycles. The molecule has 5 N–H and O–H groups in total. The summed E-state index contributed by atoms with van der Waals surface area (Å²) in [7, 11) is -4.37. The molecule has 0 saturated heterocycles. The summed E-state index contributed by atoms with van der Waals surface area (Å²) < 4.78 is 41.7. The van der Waals surface area contributed by atoms with E-state index in [9.17, 15) is 23.4 Å². The van der Waals surface area contributed by atoms with Crippen molar-refractivity contribution in [2.24, 2.45) is 0 Å². The maximum atomic E-state index is 11.7. The maximum Gasteiger partial charge on any atom is 0.283 e. The van der Waals surface area contributed by atoms with E-state index in [1.54, 1.807) is 24.4 Å². The molecule has 4 aromatic rings. The van der Waals surface area contributed by atoms with Gasteiger partial charge in [-0.05, 0) is 67.9 Å². The minimum Gasteiger partial charge on any atom is -0.491 e. The summed E-state index contributed by atoms with van der Waals surface area (Å²) >= 11 is 0. The Bertz CT molecular complexity index is 1650. The van der Waals surface area contributed by atoms with Crippen LogP contribution in [-0.4, -0.2) is 68.7 Å². The number of rotatable bonds is 13. The Morgan fingerprint density at radius 3 is 2.48 bits per heavy atom. The van der Waals surface area contributed by atoms with Gasteiger partial charge < -0.3 is 30.3 Å². The number of amides is 1. The molecule has 0 aliphatic rings. The first kappa shape index (κ1) is 30.6. The Hall–Kier alpha value is -4.37. The highest BCUT2D eigenvalue weighted by Gasteiger charge is 2.18. The van der Waals surface area contributed by atoms with Crippen molar-refractivity contribution in [2.75, 3.05) is 17.8 Å². The number of hydrogen-bond donors (Lipinski definition) is 5. The molecule has 4 rings (SSSR count). The second-order valence-electron chi connectivity index (χ2n) is 9.63. The van der Waals surface area contributed by atoms with Crippen molar-refractivity contribution in [1.29, 1.82) is 0 Å². The summed E-state index contributed by atoms with van der Waals surface area (Å²) in [6.45, 7) is 3.66. The average Bonchev–Trinajstić information content (AvgIpc) is 2.93. The molecule has 0 aliphatic carbocycles. The lowest BCUT2D eigenvalue weighted by atomic mass is 10.1. The van der Waals surface area contributed by atoms with Crippen molar-refractivity contribution < 1.29 is 37.5 Å². The highest BCUT2D eigenvalue weighted by molar-refractivity contribution is 7.85. The van der Waals surface area contributed by atoms with E-state index < -0.39 is 40.5 Å². The molecule has 2 unspecified atom stereocenters. The first-order valence-electron chi connectivity index (χ1n) is 12.9. The van der Waals surface area contributed by atoms with Crippen molar-refractivity contribution >= 4 is 38.4 Å². The Balaban J connectivity index is 1.36. The zero-order chi connectivity index (χ0) is 30.3. The molecule has 0 aliphatic heterocycles. The van der Waals surface area contributed by atoms with Crippen LogP contribution >= 0.6 is 0 Å². The zero-order valence-corrected chi connectivity index (χ0v) is 23.7. The predicted octanol–water partition coefficient (Wildman–Crippen LogP) is 3.02. The summed E-state index contributed by atoms with van der Waals surface area (Å²) in [5.74, 6) is 0.539. The number of carbonyl (C=O) groups is 1. The highest BCUT2D eigenvalue weighted by Crippen LogP contribution is 2.31. The van der Waals surface area contributed by atoms with Crippen LogP contribution in [0, 0.1) is 13.8 Å². The molecule has 0 radical (unpaired) electrons. The van der Waals surface area contributed by atoms with Crippen molar-refractivity contribution in [3.8, 4) is 17.2 Å². The zero-order valence-electron chi connectivity index (χ0n) is 22.9. The normalized spacial score (nSPS) is 12.9. The Morgan fingerprint density at radius 1 is 0.976 bits per heavy atom. The number of aromatic nitrogens is 3. The topological polar surface area (TPSA) is 193 Å². The lowest BCUT2D eigenvalue weighted by molar-refractivity contribution is -0.123. The number of nitrogens with zero attached hydrogens (tertiary/aromatic N) is 3. The third-order valence-corrected chi connectivity index (χ3v) is 6.52. The van der Waals surface area contributed by atoms with Crippen LogP contribution in [0.25, 0.3) is 10.9 Å². The van der Waals surface area contributed by atoms with E-state index in [0.717, 1.165) is 16.9 Å². The van der Waals surface area contributed by atoms with E-state index in [1.165, 1.54) is 6.33 Å². The number of anilines is 2. The smallest absolute Gasteiger partial charge is 0.283 e. The first-order chi connectivity index (χ1) is 19.9. The van der Waals surface area contributed by atoms with E-state index >= 15 is 0 Å². The summed E-state index contributed by atoms with van der Waals surface area (Å²) in [4.78, 5) is 24.6. The number of pyridine rings is 1. The Kier molecular flexibility index (Phi) is 9.85. The summed E-state index contributed by atoms with van der Waals surface area (Å²) in [6, 6.07) is 14.5.